The highest BCUT2D eigenvalue weighted by Gasteiger charge is 2.22. The van der Waals surface area contributed by atoms with Gasteiger partial charge in [0.25, 0.3) is 5.89 Å². The number of aromatic hydroxyl groups is 2. The van der Waals surface area contributed by atoms with Crippen molar-refractivity contribution < 1.29 is 19.7 Å². The third-order valence-corrected chi connectivity index (χ3v) is 2.97. The van der Waals surface area contributed by atoms with Crippen LogP contribution < -0.4 is 0 Å². The molecule has 0 aliphatic rings. The Morgan fingerprint density at radius 2 is 1.82 bits per heavy atom. The van der Waals surface area contributed by atoms with Crippen molar-refractivity contribution >= 4 is 5.69 Å². The van der Waals surface area contributed by atoms with E-state index in [1.165, 1.54) is 0 Å². The Hall–Kier alpha value is -3.42. The van der Waals surface area contributed by atoms with Crippen molar-refractivity contribution in [2.45, 2.75) is 0 Å². The van der Waals surface area contributed by atoms with Gasteiger partial charge >= 0.3 is 5.69 Å². The van der Waals surface area contributed by atoms with Crippen LogP contribution in [0.1, 0.15) is 0 Å². The molecule has 0 saturated carbocycles. The van der Waals surface area contributed by atoms with Gasteiger partial charge in [0.15, 0.2) is 5.75 Å². The maximum Gasteiger partial charge on any atom is 0.315 e. The van der Waals surface area contributed by atoms with Gasteiger partial charge in [0.1, 0.15) is 0 Å². The van der Waals surface area contributed by atoms with E-state index in [2.05, 4.69) is 10.1 Å². The predicted molar refractivity (Wildman–Crippen MR) is 75.2 cm³/mol. The monoisotopic (exact) mass is 299 g/mol. The van der Waals surface area contributed by atoms with E-state index in [1.54, 1.807) is 12.1 Å². The van der Waals surface area contributed by atoms with E-state index >= 15 is 0 Å². The second-order valence-corrected chi connectivity index (χ2v) is 4.41. The fraction of sp³-hybridized carbons (Fsp3) is 0. The summed E-state index contributed by atoms with van der Waals surface area (Å²) in [5.74, 6) is -1.14. The van der Waals surface area contributed by atoms with Crippen LogP contribution in [-0.2, 0) is 0 Å². The zero-order valence-electron chi connectivity index (χ0n) is 11.0. The molecule has 0 spiro atoms. The van der Waals surface area contributed by atoms with Gasteiger partial charge in [-0.05, 0) is 6.07 Å². The average Bonchev–Trinajstić information content (AvgIpc) is 3.00. The first-order valence-corrected chi connectivity index (χ1v) is 6.16. The lowest BCUT2D eigenvalue weighted by Gasteiger charge is -2.01. The summed E-state index contributed by atoms with van der Waals surface area (Å²) in [6, 6.07) is 11.2. The van der Waals surface area contributed by atoms with Gasteiger partial charge in [-0.25, -0.2) is 0 Å². The maximum absolute atomic E-state index is 10.9. The molecular formula is C14H9N3O5. The molecule has 0 saturated heterocycles. The number of nitro benzene ring substituents is 1. The number of rotatable bonds is 3. The second-order valence-electron chi connectivity index (χ2n) is 4.41. The Morgan fingerprint density at radius 1 is 1.09 bits per heavy atom. The number of phenolic OH excluding ortho intramolecular Hbond substituents is 2. The van der Waals surface area contributed by atoms with Gasteiger partial charge in [0, 0.05) is 11.6 Å². The Morgan fingerprint density at radius 3 is 2.50 bits per heavy atom. The molecule has 3 rings (SSSR count). The highest BCUT2D eigenvalue weighted by atomic mass is 16.6. The molecule has 8 heteroatoms. The summed E-state index contributed by atoms with van der Waals surface area (Å²) in [5.41, 5.74) is 0.209. The normalized spacial score (nSPS) is 10.5. The number of nitrogens with zero attached hydrogens (tertiary/aromatic N) is 3. The van der Waals surface area contributed by atoms with Gasteiger partial charge in [0.05, 0.1) is 10.5 Å². The lowest BCUT2D eigenvalue weighted by atomic mass is 10.1. The molecule has 0 aliphatic carbocycles. The van der Waals surface area contributed by atoms with E-state index in [0.717, 1.165) is 17.7 Å². The summed E-state index contributed by atoms with van der Waals surface area (Å²) in [7, 11) is 0. The van der Waals surface area contributed by atoms with Crippen molar-refractivity contribution in [1.82, 2.24) is 10.1 Å². The zero-order chi connectivity index (χ0) is 15.7. The maximum atomic E-state index is 10.9. The Kier molecular flexibility index (Phi) is 3.18. The van der Waals surface area contributed by atoms with Crippen LogP contribution in [0.4, 0.5) is 5.69 Å². The van der Waals surface area contributed by atoms with Crippen LogP contribution in [0.3, 0.4) is 0 Å². The molecule has 0 atom stereocenters. The van der Waals surface area contributed by atoms with Crippen molar-refractivity contribution in [3.8, 4) is 34.3 Å². The van der Waals surface area contributed by atoms with Crippen LogP contribution in [0, 0.1) is 10.1 Å². The van der Waals surface area contributed by atoms with Crippen LogP contribution in [0.15, 0.2) is 47.0 Å². The van der Waals surface area contributed by atoms with Crippen LogP contribution in [0.25, 0.3) is 22.8 Å². The van der Waals surface area contributed by atoms with Gasteiger partial charge in [-0.15, -0.1) is 0 Å². The standard InChI is InChI=1S/C14H9N3O5/c18-11-7-9(6-10(12(11)19)17(20)21)14-15-13(16-22-14)8-4-2-1-3-5-8/h1-7,18-19H. The Labute approximate surface area is 123 Å². The van der Waals surface area contributed by atoms with Crippen LogP contribution >= 0.6 is 0 Å². The molecule has 22 heavy (non-hydrogen) atoms. The van der Waals surface area contributed by atoms with Crippen molar-refractivity contribution in [2.75, 3.05) is 0 Å². The molecule has 0 amide bonds. The third kappa shape index (κ3) is 2.33. The molecule has 0 bridgehead atoms. The quantitative estimate of drug-likeness (QED) is 0.433. The highest BCUT2D eigenvalue weighted by Crippen LogP contribution is 2.39. The topological polar surface area (TPSA) is 123 Å². The molecule has 2 aromatic carbocycles. The number of hydrogen-bond donors (Lipinski definition) is 2. The minimum Gasteiger partial charge on any atom is -0.504 e. The van der Waals surface area contributed by atoms with E-state index in [0.29, 0.717) is 5.82 Å². The van der Waals surface area contributed by atoms with E-state index in [-0.39, 0.29) is 11.5 Å². The van der Waals surface area contributed by atoms with Crippen LogP contribution in [0.2, 0.25) is 0 Å². The summed E-state index contributed by atoms with van der Waals surface area (Å²) < 4.78 is 5.06. The first-order chi connectivity index (χ1) is 10.6. The summed E-state index contributed by atoms with van der Waals surface area (Å²) in [6.07, 6.45) is 0. The van der Waals surface area contributed by atoms with E-state index < -0.39 is 22.1 Å². The lowest BCUT2D eigenvalue weighted by molar-refractivity contribution is -0.385. The van der Waals surface area contributed by atoms with Crippen LogP contribution in [0.5, 0.6) is 11.5 Å². The van der Waals surface area contributed by atoms with E-state index in [4.69, 9.17) is 4.52 Å². The highest BCUT2D eigenvalue weighted by molar-refractivity contribution is 5.68. The third-order valence-electron chi connectivity index (χ3n) is 2.97. The summed E-state index contributed by atoms with van der Waals surface area (Å²) in [6.45, 7) is 0. The van der Waals surface area contributed by atoms with Gasteiger partial charge < -0.3 is 14.7 Å². The first-order valence-electron chi connectivity index (χ1n) is 6.16. The van der Waals surface area contributed by atoms with E-state index in [1.807, 2.05) is 18.2 Å². The smallest absolute Gasteiger partial charge is 0.315 e. The summed E-state index contributed by atoms with van der Waals surface area (Å²) in [4.78, 5) is 14.2. The van der Waals surface area contributed by atoms with Gasteiger partial charge in [0.2, 0.25) is 11.6 Å². The number of benzene rings is 2. The summed E-state index contributed by atoms with van der Waals surface area (Å²) in [5, 5.41) is 33.7. The molecule has 8 nitrogen and oxygen atoms in total. The number of hydrogen-bond acceptors (Lipinski definition) is 7. The Bertz CT molecular complexity index is 845. The molecule has 2 N–H and O–H groups in total. The second kappa shape index (κ2) is 5.17. The largest absolute Gasteiger partial charge is 0.504 e. The molecular weight excluding hydrogens is 290 g/mol. The number of nitro groups is 1. The molecule has 3 aromatic rings. The average molecular weight is 299 g/mol. The first kappa shape index (κ1) is 13.6. The Balaban J connectivity index is 2.06. The molecule has 0 fully saturated rings. The van der Waals surface area contributed by atoms with Crippen molar-refractivity contribution in [3.05, 3.63) is 52.6 Å². The molecule has 0 radical (unpaired) electrons. The SMILES string of the molecule is O=[N+]([O-])c1cc(-c2nc(-c3ccccc3)no2)cc(O)c1O. The van der Waals surface area contributed by atoms with Crippen molar-refractivity contribution in [3.63, 3.8) is 0 Å². The van der Waals surface area contributed by atoms with Gasteiger partial charge in [-0.1, -0.05) is 35.5 Å². The van der Waals surface area contributed by atoms with Crippen molar-refractivity contribution in [2.24, 2.45) is 0 Å². The molecule has 1 aromatic heterocycles. The molecule has 110 valence electrons. The molecule has 1 heterocycles. The van der Waals surface area contributed by atoms with Gasteiger partial charge in [-0.2, -0.15) is 4.98 Å². The molecule has 0 unspecified atom stereocenters. The zero-order valence-corrected chi connectivity index (χ0v) is 11.0. The minimum atomic E-state index is -0.812. The van der Waals surface area contributed by atoms with E-state index in [9.17, 15) is 20.3 Å². The minimum absolute atomic E-state index is 0.00254. The number of phenols is 2. The molecule has 0 aliphatic heterocycles. The number of aromatic nitrogens is 2. The van der Waals surface area contributed by atoms with Gasteiger partial charge in [-0.3, -0.25) is 10.1 Å². The predicted octanol–water partition coefficient (Wildman–Crippen LogP) is 2.72. The fourth-order valence-electron chi connectivity index (χ4n) is 1.91. The summed E-state index contributed by atoms with van der Waals surface area (Å²) >= 11 is 0. The fourth-order valence-corrected chi connectivity index (χ4v) is 1.91. The van der Waals surface area contributed by atoms with Crippen LogP contribution in [-0.4, -0.2) is 25.3 Å². The lowest BCUT2D eigenvalue weighted by Crippen LogP contribution is -1.90. The van der Waals surface area contributed by atoms with Crippen molar-refractivity contribution in [1.29, 1.82) is 0 Å².